The second kappa shape index (κ2) is 7.69. The monoisotopic (exact) mass is 445 g/mol. The molecule has 2 aromatic heterocycles. The first-order valence-electron chi connectivity index (χ1n) is 7.81. The third-order valence-corrected chi connectivity index (χ3v) is 4.24. The van der Waals surface area contributed by atoms with Gasteiger partial charge in [0.1, 0.15) is 35.2 Å². The van der Waals surface area contributed by atoms with Crippen LogP contribution in [-0.4, -0.2) is 44.1 Å². The number of fused-ring (bicyclic) bond motifs is 1. The van der Waals surface area contributed by atoms with E-state index in [1.165, 1.54) is 18.5 Å². The van der Waals surface area contributed by atoms with Crippen LogP contribution in [0.1, 0.15) is 5.56 Å². The number of nitrogens with one attached hydrogen (secondary N) is 1. The molecule has 0 fully saturated rings. The van der Waals surface area contributed by atoms with E-state index in [0.717, 1.165) is 12.1 Å². The number of hydrogen-bond donors (Lipinski definition) is 2. The highest BCUT2D eigenvalue weighted by Gasteiger charge is 2.30. The smallest absolute Gasteiger partial charge is 0.416 e. The molecule has 1 unspecified atom stereocenters. The Morgan fingerprint density at radius 3 is 2.85 bits per heavy atom. The fourth-order valence-corrected chi connectivity index (χ4v) is 3.01. The van der Waals surface area contributed by atoms with E-state index in [4.69, 9.17) is 4.74 Å². The van der Waals surface area contributed by atoms with Crippen LogP contribution in [0.2, 0.25) is 0 Å². The maximum atomic E-state index is 12.7. The Kier molecular flexibility index (Phi) is 5.51. The molecule has 0 radical (unpaired) electrons. The molecule has 3 aromatic rings. The zero-order valence-corrected chi connectivity index (χ0v) is 15.6. The first kappa shape index (κ1) is 19.4. The highest BCUT2D eigenvalue weighted by molar-refractivity contribution is 9.10. The molecule has 2 heterocycles. The van der Waals surface area contributed by atoms with Crippen LogP contribution in [0.25, 0.3) is 11.0 Å². The van der Waals surface area contributed by atoms with Crippen molar-refractivity contribution in [3.63, 3.8) is 0 Å². The average molecular weight is 446 g/mol. The van der Waals surface area contributed by atoms with Crippen LogP contribution in [0, 0.1) is 0 Å². The highest BCUT2D eigenvalue weighted by atomic mass is 79.9. The average Bonchev–Trinajstić information content (AvgIpc) is 2.92. The predicted molar refractivity (Wildman–Crippen MR) is 95.4 cm³/mol. The Bertz CT molecular complexity index is 947. The van der Waals surface area contributed by atoms with Gasteiger partial charge in [-0.1, -0.05) is 6.07 Å². The zero-order chi connectivity index (χ0) is 19.6. The van der Waals surface area contributed by atoms with Gasteiger partial charge in [-0.05, 0) is 34.1 Å². The summed E-state index contributed by atoms with van der Waals surface area (Å²) < 4.78 is 45.5. The summed E-state index contributed by atoms with van der Waals surface area (Å²) in [5.74, 6) is 0.501. The highest BCUT2D eigenvalue weighted by Crippen LogP contribution is 2.31. The molecule has 0 saturated heterocycles. The minimum atomic E-state index is -4.45. The zero-order valence-electron chi connectivity index (χ0n) is 14.0. The van der Waals surface area contributed by atoms with Crippen molar-refractivity contribution in [1.29, 1.82) is 0 Å². The number of benzene rings is 1. The lowest BCUT2D eigenvalue weighted by Gasteiger charge is -2.15. The molecular formula is C16H15BrF3N5O2. The number of hydrogen-bond acceptors (Lipinski definition) is 6. The molecular weight excluding hydrogens is 431 g/mol. The van der Waals surface area contributed by atoms with Gasteiger partial charge in [0.25, 0.3) is 0 Å². The fraction of sp³-hybridized carbons (Fsp3) is 0.312. The second-order valence-corrected chi connectivity index (χ2v) is 6.46. The van der Waals surface area contributed by atoms with Gasteiger partial charge in [0.05, 0.1) is 10.9 Å². The molecule has 0 amide bonds. The predicted octanol–water partition coefficient (Wildman–Crippen LogP) is 3.00. The Labute approximate surface area is 160 Å². The number of aryl methyl sites for hydroxylation is 1. The van der Waals surface area contributed by atoms with Gasteiger partial charge in [-0.2, -0.15) is 18.3 Å². The van der Waals surface area contributed by atoms with Crippen LogP contribution >= 0.6 is 15.9 Å². The molecule has 0 aliphatic carbocycles. The van der Waals surface area contributed by atoms with Crippen molar-refractivity contribution < 1.29 is 23.0 Å². The number of aliphatic hydroxyl groups is 1. The van der Waals surface area contributed by atoms with E-state index in [0.29, 0.717) is 21.5 Å². The largest absolute Gasteiger partial charge is 0.491 e. The summed E-state index contributed by atoms with van der Waals surface area (Å²) in [5.41, 5.74) is -0.202. The first-order valence-corrected chi connectivity index (χ1v) is 8.60. The van der Waals surface area contributed by atoms with Crippen molar-refractivity contribution >= 4 is 32.8 Å². The van der Waals surface area contributed by atoms with E-state index in [9.17, 15) is 18.3 Å². The maximum absolute atomic E-state index is 12.7. The standard InChI is InChI=1S/C16H15BrF3N5O2/c1-25-15-12(13(17)24-25)14(22-8-23-15)21-6-10(26)7-27-11-4-2-3-9(5-11)16(18,19)20/h2-5,8,10,26H,6-7H2,1H3,(H,21,22,23). The van der Waals surface area contributed by atoms with Crippen LogP contribution in [-0.2, 0) is 13.2 Å². The second-order valence-electron chi connectivity index (χ2n) is 5.71. The Morgan fingerprint density at radius 2 is 2.11 bits per heavy atom. The van der Waals surface area contributed by atoms with Crippen molar-refractivity contribution in [2.75, 3.05) is 18.5 Å². The normalized spacial score (nSPS) is 13.0. The van der Waals surface area contributed by atoms with Gasteiger partial charge in [0.15, 0.2) is 5.65 Å². The van der Waals surface area contributed by atoms with Gasteiger partial charge in [-0.15, -0.1) is 0 Å². The van der Waals surface area contributed by atoms with Crippen LogP contribution < -0.4 is 10.1 Å². The molecule has 144 valence electrons. The van der Waals surface area contributed by atoms with Gasteiger partial charge >= 0.3 is 6.18 Å². The van der Waals surface area contributed by atoms with Crippen LogP contribution in [0.15, 0.2) is 35.2 Å². The number of halogens is 4. The quantitative estimate of drug-likeness (QED) is 0.606. The topological polar surface area (TPSA) is 85.1 Å². The summed E-state index contributed by atoms with van der Waals surface area (Å²) in [5, 5.41) is 17.9. The number of anilines is 1. The summed E-state index contributed by atoms with van der Waals surface area (Å²) >= 11 is 3.33. The van der Waals surface area contributed by atoms with Gasteiger partial charge in [-0.3, -0.25) is 0 Å². The van der Waals surface area contributed by atoms with Gasteiger partial charge in [0.2, 0.25) is 0 Å². The lowest BCUT2D eigenvalue weighted by Crippen LogP contribution is -2.26. The van der Waals surface area contributed by atoms with Crippen molar-refractivity contribution in [2.24, 2.45) is 7.05 Å². The molecule has 7 nitrogen and oxygen atoms in total. The molecule has 0 bridgehead atoms. The van der Waals surface area contributed by atoms with Crippen LogP contribution in [0.3, 0.4) is 0 Å². The Balaban J connectivity index is 1.60. The third-order valence-electron chi connectivity index (χ3n) is 3.69. The third kappa shape index (κ3) is 4.48. The molecule has 1 atom stereocenters. The Morgan fingerprint density at radius 1 is 1.33 bits per heavy atom. The minimum absolute atomic E-state index is 0.0308. The van der Waals surface area contributed by atoms with Crippen molar-refractivity contribution in [3.8, 4) is 5.75 Å². The SMILES string of the molecule is Cn1nc(Br)c2c(NCC(O)COc3cccc(C(F)(F)F)c3)ncnc21. The van der Waals surface area contributed by atoms with E-state index >= 15 is 0 Å². The lowest BCUT2D eigenvalue weighted by atomic mass is 10.2. The molecule has 0 aliphatic rings. The van der Waals surface area contributed by atoms with Gasteiger partial charge < -0.3 is 15.2 Å². The number of nitrogens with zero attached hydrogens (tertiary/aromatic N) is 4. The number of alkyl halides is 3. The summed E-state index contributed by atoms with van der Waals surface area (Å²) in [6, 6.07) is 4.49. The first-order chi connectivity index (χ1) is 12.8. The molecule has 11 heteroatoms. The number of ether oxygens (including phenoxy) is 1. The summed E-state index contributed by atoms with van der Waals surface area (Å²) in [6.07, 6.45) is -4.06. The molecule has 2 N–H and O–H groups in total. The molecule has 0 saturated carbocycles. The maximum Gasteiger partial charge on any atom is 0.416 e. The van der Waals surface area contributed by atoms with E-state index in [1.807, 2.05) is 0 Å². The molecule has 3 rings (SSSR count). The molecule has 0 spiro atoms. The minimum Gasteiger partial charge on any atom is -0.491 e. The molecule has 0 aliphatic heterocycles. The number of aromatic nitrogens is 4. The van der Waals surface area contributed by atoms with Gasteiger partial charge in [-0.25, -0.2) is 14.6 Å². The lowest BCUT2D eigenvalue weighted by molar-refractivity contribution is -0.137. The van der Waals surface area contributed by atoms with E-state index < -0.39 is 17.8 Å². The van der Waals surface area contributed by atoms with Crippen LogP contribution in [0.5, 0.6) is 5.75 Å². The van der Waals surface area contributed by atoms with Crippen molar-refractivity contribution in [1.82, 2.24) is 19.7 Å². The molecule has 27 heavy (non-hydrogen) atoms. The number of rotatable bonds is 6. The summed E-state index contributed by atoms with van der Waals surface area (Å²) in [6.45, 7) is -0.108. The van der Waals surface area contributed by atoms with E-state index in [-0.39, 0.29) is 18.9 Å². The van der Waals surface area contributed by atoms with Gasteiger partial charge in [0, 0.05) is 13.6 Å². The van der Waals surface area contributed by atoms with Crippen molar-refractivity contribution in [2.45, 2.75) is 12.3 Å². The van der Waals surface area contributed by atoms with E-state index in [2.05, 4.69) is 36.3 Å². The van der Waals surface area contributed by atoms with Crippen molar-refractivity contribution in [3.05, 3.63) is 40.8 Å². The number of aliphatic hydroxyl groups excluding tert-OH is 1. The van der Waals surface area contributed by atoms with Crippen LogP contribution in [0.4, 0.5) is 19.0 Å². The fourth-order valence-electron chi connectivity index (χ4n) is 2.40. The molecule has 1 aromatic carbocycles. The Hall–Kier alpha value is -2.40. The van der Waals surface area contributed by atoms with E-state index in [1.54, 1.807) is 11.7 Å². The summed E-state index contributed by atoms with van der Waals surface area (Å²) in [4.78, 5) is 8.26. The summed E-state index contributed by atoms with van der Waals surface area (Å²) in [7, 11) is 1.74.